The Balaban J connectivity index is 1.63. The Labute approximate surface area is 202 Å². The van der Waals surface area contributed by atoms with E-state index in [2.05, 4.69) is 32.9 Å². The van der Waals surface area contributed by atoms with Crippen LogP contribution in [0.5, 0.6) is 0 Å². The maximum absolute atomic E-state index is 11.2. The quantitative estimate of drug-likeness (QED) is 0.175. The summed E-state index contributed by atoms with van der Waals surface area (Å²) < 4.78 is 25.1. The van der Waals surface area contributed by atoms with E-state index in [1.165, 1.54) is 38.5 Å². The van der Waals surface area contributed by atoms with Crippen LogP contribution in [-0.4, -0.2) is 44.3 Å². The van der Waals surface area contributed by atoms with Crippen molar-refractivity contribution in [3.63, 3.8) is 0 Å². The van der Waals surface area contributed by atoms with Gasteiger partial charge in [0.25, 0.3) is 0 Å². The zero-order valence-corrected chi connectivity index (χ0v) is 21.4. The first-order valence-electron chi connectivity index (χ1n) is 13.6. The maximum Gasteiger partial charge on any atom is 0.171 e. The Bertz CT molecular complexity index is 585. The topological polar surface area (TPSA) is 54.0 Å². The second-order valence-corrected chi connectivity index (χ2v) is 11.2. The number of aldehydes is 1. The van der Waals surface area contributed by atoms with Gasteiger partial charge >= 0.3 is 0 Å². The van der Waals surface area contributed by atoms with Crippen molar-refractivity contribution in [3.8, 4) is 0 Å². The lowest BCUT2D eigenvalue weighted by Crippen LogP contribution is -2.50. The summed E-state index contributed by atoms with van der Waals surface area (Å²) in [7, 11) is 0. The highest BCUT2D eigenvalue weighted by Gasteiger charge is 2.52. The van der Waals surface area contributed by atoms with Gasteiger partial charge in [-0.05, 0) is 44.4 Å². The van der Waals surface area contributed by atoms with Crippen LogP contribution >= 0.6 is 0 Å². The first-order valence-corrected chi connectivity index (χ1v) is 13.6. The second kappa shape index (κ2) is 13.4. The van der Waals surface area contributed by atoms with E-state index in [0.717, 1.165) is 51.4 Å². The van der Waals surface area contributed by atoms with Crippen LogP contribution in [0.2, 0.25) is 0 Å². The molecule has 0 bridgehead atoms. The lowest BCUT2D eigenvalue weighted by molar-refractivity contribution is -0.316. The molecule has 1 saturated carbocycles. The first-order chi connectivity index (χ1) is 16.0. The fourth-order valence-corrected chi connectivity index (χ4v) is 5.51. The summed E-state index contributed by atoms with van der Waals surface area (Å²) in [6, 6.07) is 0. The van der Waals surface area contributed by atoms with E-state index in [-0.39, 0.29) is 23.7 Å². The van der Waals surface area contributed by atoms with Gasteiger partial charge in [-0.2, -0.15) is 0 Å². The van der Waals surface area contributed by atoms with Crippen molar-refractivity contribution in [2.45, 2.75) is 122 Å². The number of hydrogen-bond acceptors (Lipinski definition) is 5. The minimum absolute atomic E-state index is 0.0467. The third kappa shape index (κ3) is 8.16. The molecule has 1 aliphatic carbocycles. The summed E-state index contributed by atoms with van der Waals surface area (Å²) >= 11 is 0. The Morgan fingerprint density at radius 2 is 1.85 bits per heavy atom. The molecule has 33 heavy (non-hydrogen) atoms. The zero-order valence-electron chi connectivity index (χ0n) is 21.4. The molecule has 0 aromatic carbocycles. The first kappa shape index (κ1) is 26.8. The normalized spacial score (nSPS) is 30.1. The molecule has 0 aromatic heterocycles. The molecule has 4 unspecified atom stereocenters. The summed E-state index contributed by atoms with van der Waals surface area (Å²) in [5.74, 6) is 0.0343. The van der Waals surface area contributed by atoms with Gasteiger partial charge < -0.3 is 23.7 Å². The zero-order chi connectivity index (χ0) is 23.6. The van der Waals surface area contributed by atoms with Crippen LogP contribution in [0.4, 0.5) is 0 Å². The van der Waals surface area contributed by atoms with Gasteiger partial charge in [0.1, 0.15) is 6.29 Å². The van der Waals surface area contributed by atoms with E-state index in [9.17, 15) is 4.79 Å². The van der Waals surface area contributed by atoms with Crippen molar-refractivity contribution in [2.24, 2.45) is 17.3 Å². The summed E-state index contributed by atoms with van der Waals surface area (Å²) in [5.41, 5.74) is 0.0467. The minimum atomic E-state index is -0.531. The lowest BCUT2D eigenvalue weighted by Gasteiger charge is -2.45. The monoisotopic (exact) mass is 464 g/mol. The number of carbonyl (C=O) groups excluding carboxylic acids is 1. The van der Waals surface area contributed by atoms with Gasteiger partial charge in [0.05, 0.1) is 19.3 Å². The smallest absolute Gasteiger partial charge is 0.171 e. The van der Waals surface area contributed by atoms with Gasteiger partial charge in [0.15, 0.2) is 12.1 Å². The van der Waals surface area contributed by atoms with Crippen LogP contribution in [0.25, 0.3) is 0 Å². The minimum Gasteiger partial charge on any atom is -0.353 e. The summed E-state index contributed by atoms with van der Waals surface area (Å²) in [4.78, 5) is 11.2. The molecule has 0 aromatic rings. The molecule has 2 heterocycles. The molecule has 2 saturated heterocycles. The lowest BCUT2D eigenvalue weighted by atomic mass is 9.86. The number of hydrogen-bond donors (Lipinski definition) is 0. The molecule has 2 aliphatic heterocycles. The molecule has 3 aliphatic rings. The van der Waals surface area contributed by atoms with Gasteiger partial charge in [0.2, 0.25) is 0 Å². The van der Waals surface area contributed by atoms with Crippen molar-refractivity contribution in [3.05, 3.63) is 12.2 Å². The highest BCUT2D eigenvalue weighted by molar-refractivity contribution is 5.49. The predicted molar refractivity (Wildman–Crippen MR) is 131 cm³/mol. The van der Waals surface area contributed by atoms with Crippen LogP contribution in [0.3, 0.4) is 0 Å². The molecule has 1 spiro atoms. The third-order valence-electron chi connectivity index (χ3n) is 7.55. The van der Waals surface area contributed by atoms with E-state index in [1.54, 1.807) is 0 Å². The second-order valence-electron chi connectivity index (χ2n) is 11.2. The average molecular weight is 465 g/mol. The molecule has 0 N–H and O–H groups in total. The maximum atomic E-state index is 11.2. The number of unbranched alkanes of at least 4 members (excludes halogenated alkanes) is 4. The summed E-state index contributed by atoms with van der Waals surface area (Å²) in [5, 5.41) is 0. The molecule has 5 nitrogen and oxygen atoms in total. The largest absolute Gasteiger partial charge is 0.353 e. The van der Waals surface area contributed by atoms with Gasteiger partial charge in [-0.25, -0.2) is 0 Å². The summed E-state index contributed by atoms with van der Waals surface area (Å²) in [6.45, 7) is 8.85. The molecular formula is C28H48O5. The number of rotatable bonds is 13. The van der Waals surface area contributed by atoms with Crippen molar-refractivity contribution in [2.75, 3.05) is 19.8 Å². The van der Waals surface area contributed by atoms with Crippen LogP contribution in [0.15, 0.2) is 12.2 Å². The van der Waals surface area contributed by atoms with Crippen molar-refractivity contribution < 1.29 is 23.7 Å². The Morgan fingerprint density at radius 1 is 1.06 bits per heavy atom. The fraction of sp³-hybridized carbons (Fsp3) is 0.893. The molecule has 3 fully saturated rings. The molecular weight excluding hydrogens is 416 g/mol. The summed E-state index contributed by atoms with van der Waals surface area (Å²) in [6.07, 6.45) is 19.6. The van der Waals surface area contributed by atoms with E-state index >= 15 is 0 Å². The molecule has 4 atom stereocenters. The van der Waals surface area contributed by atoms with E-state index in [4.69, 9.17) is 18.9 Å². The standard InChI is InChI=1S/C28H48O5/c1-4-5-6-7-8-12-24(33-26-14-9-10-20-30-26)16-15-23-17-18-28(25(23)13-11-19-29)31-21-27(2,3)22-32-28/h15-16,19,23-26H,4-14,17-18,20-22H2,1-3H3/b16-15+. The highest BCUT2D eigenvalue weighted by Crippen LogP contribution is 2.49. The molecule has 190 valence electrons. The van der Waals surface area contributed by atoms with Crippen LogP contribution in [0.1, 0.15) is 104 Å². The molecule has 5 heteroatoms. The number of allylic oxidation sites excluding steroid dienone is 1. The fourth-order valence-electron chi connectivity index (χ4n) is 5.51. The average Bonchev–Trinajstić information content (AvgIpc) is 3.15. The van der Waals surface area contributed by atoms with E-state index in [1.807, 2.05) is 0 Å². The van der Waals surface area contributed by atoms with Gasteiger partial charge in [-0.15, -0.1) is 0 Å². The van der Waals surface area contributed by atoms with Crippen LogP contribution in [-0.2, 0) is 23.7 Å². The van der Waals surface area contributed by atoms with Crippen molar-refractivity contribution in [1.29, 1.82) is 0 Å². The number of carbonyl (C=O) groups is 1. The van der Waals surface area contributed by atoms with Gasteiger partial charge in [-0.1, -0.05) is 65.0 Å². The van der Waals surface area contributed by atoms with Crippen LogP contribution < -0.4 is 0 Å². The molecule has 3 rings (SSSR count). The third-order valence-corrected chi connectivity index (χ3v) is 7.55. The highest BCUT2D eigenvalue weighted by atomic mass is 16.7. The predicted octanol–water partition coefficient (Wildman–Crippen LogP) is 6.59. The molecule has 0 radical (unpaired) electrons. The van der Waals surface area contributed by atoms with Gasteiger partial charge in [0, 0.05) is 30.8 Å². The van der Waals surface area contributed by atoms with Crippen molar-refractivity contribution in [1.82, 2.24) is 0 Å². The number of ether oxygens (including phenoxy) is 4. The van der Waals surface area contributed by atoms with E-state index in [0.29, 0.717) is 25.6 Å². The Morgan fingerprint density at radius 3 is 2.55 bits per heavy atom. The van der Waals surface area contributed by atoms with E-state index < -0.39 is 5.79 Å². The van der Waals surface area contributed by atoms with Gasteiger partial charge in [-0.3, -0.25) is 0 Å². The van der Waals surface area contributed by atoms with Crippen molar-refractivity contribution >= 4 is 6.29 Å². The Hall–Kier alpha value is -0.750. The SMILES string of the molecule is CCCCCCCC(/C=C/C1CCC2(OCC(C)(C)CO2)C1CCC=O)OC1CCCCO1. The van der Waals surface area contributed by atoms with Crippen LogP contribution in [0, 0.1) is 17.3 Å². The Kier molecular flexibility index (Phi) is 10.9. The molecule has 0 amide bonds.